The van der Waals surface area contributed by atoms with Gasteiger partial charge in [-0.05, 0) is 58.1 Å². The van der Waals surface area contributed by atoms with Crippen LogP contribution < -0.4 is 10.8 Å². The molecule has 0 atom stereocenters. The zero-order valence-corrected chi connectivity index (χ0v) is 14.9. The molecule has 0 saturated carbocycles. The number of carbonyl (C=O) groups is 1. The molecule has 1 aromatic carbocycles. The Morgan fingerprint density at radius 3 is 2.21 bits per heavy atom. The number of carbonyl (C=O) groups excluding carboxylic acids is 1. The number of nitrogens with zero attached hydrogens (tertiary/aromatic N) is 1. The first-order valence-corrected chi connectivity index (χ1v) is 8.34. The van der Waals surface area contributed by atoms with Crippen LogP contribution in [0.2, 0.25) is 0 Å². The molecule has 0 aliphatic carbocycles. The second-order valence-corrected chi connectivity index (χ2v) is 7.29. The van der Waals surface area contributed by atoms with E-state index < -0.39 is 18.3 Å². The Kier molecular flexibility index (Phi) is 5.57. The maximum atomic E-state index is 12.0. The van der Waals surface area contributed by atoms with Crippen molar-refractivity contribution in [1.29, 1.82) is 0 Å². The number of benzene rings is 1. The second kappa shape index (κ2) is 7.13. The van der Waals surface area contributed by atoms with Gasteiger partial charge in [-0.15, -0.1) is 0 Å². The number of anilines is 1. The second-order valence-electron chi connectivity index (χ2n) is 7.29. The summed E-state index contributed by atoms with van der Waals surface area (Å²) in [5.74, 6) is 0. The molecule has 0 bridgehead atoms. The van der Waals surface area contributed by atoms with Gasteiger partial charge >= 0.3 is 13.1 Å². The van der Waals surface area contributed by atoms with E-state index in [4.69, 9.17) is 4.65 Å². The first-order valence-electron chi connectivity index (χ1n) is 8.34. The predicted molar refractivity (Wildman–Crippen MR) is 95.3 cm³/mol. The molecule has 1 aromatic rings. The van der Waals surface area contributed by atoms with Gasteiger partial charge in [0.1, 0.15) is 0 Å². The van der Waals surface area contributed by atoms with Gasteiger partial charge in [0.2, 0.25) is 0 Å². The fourth-order valence-corrected chi connectivity index (χ4v) is 2.35. The fraction of sp³-hybridized carbons (Fsp3) is 0.588. The van der Waals surface area contributed by atoms with Gasteiger partial charge in [0.15, 0.2) is 0 Å². The molecule has 1 heterocycles. The lowest BCUT2D eigenvalue weighted by atomic mass is 9.76. The lowest BCUT2D eigenvalue weighted by Gasteiger charge is -2.38. The van der Waals surface area contributed by atoms with Gasteiger partial charge in [-0.3, -0.25) is 0 Å². The lowest BCUT2D eigenvalue weighted by Crippen LogP contribution is -2.53. The van der Waals surface area contributed by atoms with Gasteiger partial charge in [-0.25, -0.2) is 4.79 Å². The average molecular weight is 334 g/mol. The number of hydrogen-bond donors (Lipinski definition) is 3. The summed E-state index contributed by atoms with van der Waals surface area (Å²) in [7, 11) is -1.16. The number of nitrogens with one attached hydrogen (secondary N) is 1. The standard InChI is InChI=1S/C17H27BN2O4/c1-16(2,22)17(3,4)24-18(23)13-7-9-14(10-8-13)19-15(21)20-11-5-6-12-20/h7-10,22-23H,5-6,11-12H2,1-4H3,(H,19,21). The van der Waals surface area contributed by atoms with E-state index in [1.165, 1.54) is 0 Å². The van der Waals surface area contributed by atoms with Crippen molar-refractivity contribution in [1.82, 2.24) is 4.90 Å². The normalized spacial score (nSPS) is 15.5. The third-order valence-corrected chi connectivity index (χ3v) is 4.72. The van der Waals surface area contributed by atoms with Crippen molar-refractivity contribution in [3.63, 3.8) is 0 Å². The summed E-state index contributed by atoms with van der Waals surface area (Å²) in [4.78, 5) is 13.8. The van der Waals surface area contributed by atoms with Crippen LogP contribution in [0.15, 0.2) is 24.3 Å². The number of rotatable bonds is 5. The molecular weight excluding hydrogens is 307 g/mol. The highest BCUT2D eigenvalue weighted by atomic mass is 16.5. The molecule has 0 aromatic heterocycles. The van der Waals surface area contributed by atoms with E-state index in [1.54, 1.807) is 56.9 Å². The van der Waals surface area contributed by atoms with E-state index in [1.807, 2.05) is 0 Å². The molecule has 3 N–H and O–H groups in total. The van der Waals surface area contributed by atoms with Crippen molar-refractivity contribution in [2.24, 2.45) is 0 Å². The molecule has 1 saturated heterocycles. The number of urea groups is 1. The highest BCUT2D eigenvalue weighted by Crippen LogP contribution is 2.25. The Labute approximate surface area is 144 Å². The molecule has 7 heteroatoms. The van der Waals surface area contributed by atoms with E-state index >= 15 is 0 Å². The molecule has 1 aliphatic heterocycles. The molecule has 0 unspecified atom stereocenters. The molecule has 132 valence electrons. The van der Waals surface area contributed by atoms with Gasteiger partial charge in [0.25, 0.3) is 0 Å². The van der Waals surface area contributed by atoms with Crippen LogP contribution >= 0.6 is 0 Å². The minimum atomic E-state index is -1.16. The van der Waals surface area contributed by atoms with E-state index in [2.05, 4.69) is 5.32 Å². The number of likely N-dealkylation sites (tertiary alicyclic amines) is 1. The van der Waals surface area contributed by atoms with E-state index in [-0.39, 0.29) is 6.03 Å². The Balaban J connectivity index is 1.97. The Bertz CT molecular complexity index is 563. The lowest BCUT2D eigenvalue weighted by molar-refractivity contribution is -0.0982. The maximum absolute atomic E-state index is 12.0. The van der Waals surface area contributed by atoms with Crippen molar-refractivity contribution in [2.45, 2.75) is 51.7 Å². The maximum Gasteiger partial charge on any atom is 0.491 e. The molecule has 1 aliphatic rings. The zero-order chi connectivity index (χ0) is 18.0. The quantitative estimate of drug-likeness (QED) is 0.714. The summed E-state index contributed by atoms with van der Waals surface area (Å²) in [6.07, 6.45) is 2.10. The first kappa shape index (κ1) is 18.8. The van der Waals surface area contributed by atoms with E-state index in [0.29, 0.717) is 11.2 Å². The molecule has 1 fully saturated rings. The molecule has 0 radical (unpaired) electrons. The number of aliphatic hydroxyl groups is 1. The molecule has 2 rings (SSSR count). The molecule has 24 heavy (non-hydrogen) atoms. The number of hydrogen-bond acceptors (Lipinski definition) is 4. The Morgan fingerprint density at radius 2 is 1.71 bits per heavy atom. The minimum absolute atomic E-state index is 0.0970. The summed E-state index contributed by atoms with van der Waals surface area (Å²) in [5.41, 5.74) is -0.789. The fourth-order valence-electron chi connectivity index (χ4n) is 2.35. The summed E-state index contributed by atoms with van der Waals surface area (Å²) in [5, 5.41) is 23.2. The minimum Gasteiger partial charge on any atom is -0.423 e. The van der Waals surface area contributed by atoms with Crippen molar-refractivity contribution < 1.29 is 19.6 Å². The van der Waals surface area contributed by atoms with Crippen LogP contribution in [-0.2, 0) is 4.65 Å². The van der Waals surface area contributed by atoms with Crippen molar-refractivity contribution in [3.8, 4) is 0 Å². The highest BCUT2D eigenvalue weighted by molar-refractivity contribution is 6.60. The monoisotopic (exact) mass is 334 g/mol. The predicted octanol–water partition coefficient (Wildman–Crippen LogP) is 1.57. The SMILES string of the molecule is CC(C)(O)C(C)(C)OB(O)c1ccc(NC(=O)N2CCCC2)cc1. The van der Waals surface area contributed by atoms with Crippen LogP contribution in [0.25, 0.3) is 0 Å². The van der Waals surface area contributed by atoms with Crippen LogP contribution in [0.5, 0.6) is 0 Å². The zero-order valence-electron chi connectivity index (χ0n) is 14.9. The molecule has 6 nitrogen and oxygen atoms in total. The van der Waals surface area contributed by atoms with Crippen molar-refractivity contribution >= 4 is 24.3 Å². The third kappa shape index (κ3) is 4.50. The van der Waals surface area contributed by atoms with Gasteiger partial charge in [0.05, 0.1) is 11.2 Å². The van der Waals surface area contributed by atoms with Gasteiger partial charge in [-0.2, -0.15) is 0 Å². The van der Waals surface area contributed by atoms with Crippen LogP contribution in [-0.4, -0.2) is 52.5 Å². The first-order chi connectivity index (χ1) is 11.1. The van der Waals surface area contributed by atoms with Gasteiger partial charge in [0, 0.05) is 18.8 Å². The van der Waals surface area contributed by atoms with Crippen LogP contribution in [0, 0.1) is 0 Å². The third-order valence-electron chi connectivity index (χ3n) is 4.72. The Morgan fingerprint density at radius 1 is 1.17 bits per heavy atom. The topological polar surface area (TPSA) is 82.0 Å². The van der Waals surface area contributed by atoms with Crippen LogP contribution in [0.3, 0.4) is 0 Å². The van der Waals surface area contributed by atoms with E-state index in [0.717, 1.165) is 25.9 Å². The van der Waals surface area contributed by atoms with Gasteiger partial charge in [-0.1, -0.05) is 12.1 Å². The van der Waals surface area contributed by atoms with E-state index in [9.17, 15) is 14.9 Å². The Hall–Kier alpha value is -1.57. The highest BCUT2D eigenvalue weighted by Gasteiger charge is 2.39. The van der Waals surface area contributed by atoms with Crippen molar-refractivity contribution in [2.75, 3.05) is 18.4 Å². The summed E-state index contributed by atoms with van der Waals surface area (Å²) in [6, 6.07) is 6.76. The molecule has 0 spiro atoms. The smallest absolute Gasteiger partial charge is 0.423 e. The average Bonchev–Trinajstić information content (AvgIpc) is 3.00. The van der Waals surface area contributed by atoms with Gasteiger partial charge < -0.3 is 25.0 Å². The largest absolute Gasteiger partial charge is 0.491 e. The molecule has 2 amide bonds. The summed E-state index contributed by atoms with van der Waals surface area (Å²) >= 11 is 0. The summed E-state index contributed by atoms with van der Waals surface area (Å²) in [6.45, 7) is 8.31. The number of amides is 2. The van der Waals surface area contributed by atoms with Crippen molar-refractivity contribution in [3.05, 3.63) is 24.3 Å². The van der Waals surface area contributed by atoms with Crippen LogP contribution in [0.4, 0.5) is 10.5 Å². The summed E-state index contributed by atoms with van der Waals surface area (Å²) < 4.78 is 5.60. The molecular formula is C17H27BN2O4. The van der Waals surface area contributed by atoms with Crippen LogP contribution in [0.1, 0.15) is 40.5 Å².